The second-order valence-electron chi connectivity index (χ2n) is 4.91. The van der Waals surface area contributed by atoms with Crippen molar-refractivity contribution in [2.24, 2.45) is 5.92 Å². The molecular formula is C15H16N2O3. The number of nitrogens with zero attached hydrogens (tertiary/aromatic N) is 1. The summed E-state index contributed by atoms with van der Waals surface area (Å²) >= 11 is 0. The van der Waals surface area contributed by atoms with Crippen molar-refractivity contribution in [3.05, 3.63) is 42.2 Å². The van der Waals surface area contributed by atoms with E-state index < -0.39 is 17.9 Å². The molecule has 0 aliphatic carbocycles. The van der Waals surface area contributed by atoms with E-state index in [9.17, 15) is 9.59 Å². The summed E-state index contributed by atoms with van der Waals surface area (Å²) in [7, 11) is 0. The van der Waals surface area contributed by atoms with Crippen LogP contribution in [0.5, 0.6) is 0 Å². The van der Waals surface area contributed by atoms with Crippen molar-refractivity contribution in [2.75, 3.05) is 0 Å². The van der Waals surface area contributed by atoms with E-state index in [2.05, 4.69) is 10.3 Å². The second kappa shape index (κ2) is 5.69. The van der Waals surface area contributed by atoms with Gasteiger partial charge in [0.15, 0.2) is 0 Å². The van der Waals surface area contributed by atoms with Gasteiger partial charge >= 0.3 is 5.97 Å². The van der Waals surface area contributed by atoms with Crippen LogP contribution in [0.2, 0.25) is 0 Å². The van der Waals surface area contributed by atoms with E-state index >= 15 is 0 Å². The Hall–Kier alpha value is -2.43. The van der Waals surface area contributed by atoms with Gasteiger partial charge in [-0.25, -0.2) is 4.79 Å². The number of aliphatic carboxylic acids is 1. The predicted octanol–water partition coefficient (Wildman–Crippen LogP) is 2.07. The van der Waals surface area contributed by atoms with E-state index in [1.54, 1.807) is 26.1 Å². The van der Waals surface area contributed by atoms with Gasteiger partial charge < -0.3 is 10.4 Å². The fourth-order valence-electron chi connectivity index (χ4n) is 2.02. The minimum Gasteiger partial charge on any atom is -0.480 e. The number of rotatable bonds is 4. The number of carboxylic acids is 1. The summed E-state index contributed by atoms with van der Waals surface area (Å²) in [6, 6.07) is 8.25. The Labute approximate surface area is 116 Å². The molecule has 1 amide bonds. The molecule has 0 saturated carbocycles. The Morgan fingerprint density at radius 1 is 1.20 bits per heavy atom. The first-order valence-corrected chi connectivity index (χ1v) is 6.38. The molecule has 1 aromatic carbocycles. The Morgan fingerprint density at radius 2 is 1.90 bits per heavy atom. The average Bonchev–Trinajstić information content (AvgIpc) is 2.43. The normalized spacial score (nSPS) is 12.3. The van der Waals surface area contributed by atoms with Crippen LogP contribution in [0, 0.1) is 5.92 Å². The largest absolute Gasteiger partial charge is 0.480 e. The molecule has 5 heteroatoms. The summed E-state index contributed by atoms with van der Waals surface area (Å²) in [4.78, 5) is 27.5. The number of fused-ring (bicyclic) bond motifs is 1. The number of amides is 1. The zero-order chi connectivity index (χ0) is 14.7. The summed E-state index contributed by atoms with van der Waals surface area (Å²) in [6.45, 7) is 3.49. The number of nitrogens with one attached hydrogen (secondary N) is 1. The highest BCUT2D eigenvalue weighted by Crippen LogP contribution is 2.16. The van der Waals surface area contributed by atoms with Crippen LogP contribution in [0.1, 0.15) is 24.3 Å². The van der Waals surface area contributed by atoms with E-state index in [0.717, 1.165) is 5.39 Å². The number of carboxylic acid groups (broad SMARTS) is 1. The zero-order valence-electron chi connectivity index (χ0n) is 11.3. The summed E-state index contributed by atoms with van der Waals surface area (Å²) in [5, 5.41) is 13.2. The van der Waals surface area contributed by atoms with Crippen molar-refractivity contribution < 1.29 is 14.7 Å². The number of pyridine rings is 1. The minimum absolute atomic E-state index is 0.202. The van der Waals surface area contributed by atoms with Gasteiger partial charge in [-0.3, -0.25) is 9.78 Å². The van der Waals surface area contributed by atoms with Gasteiger partial charge in [-0.2, -0.15) is 0 Å². The molecule has 0 spiro atoms. The van der Waals surface area contributed by atoms with E-state index in [1.807, 2.05) is 24.3 Å². The summed E-state index contributed by atoms with van der Waals surface area (Å²) in [5.74, 6) is -1.72. The molecule has 2 aromatic rings. The van der Waals surface area contributed by atoms with Gasteiger partial charge in [0.25, 0.3) is 5.91 Å². The third-order valence-electron chi connectivity index (χ3n) is 3.11. The van der Waals surface area contributed by atoms with Crippen LogP contribution in [0.4, 0.5) is 0 Å². The number of benzene rings is 1. The Kier molecular flexibility index (Phi) is 3.98. The van der Waals surface area contributed by atoms with Crippen LogP contribution in [-0.2, 0) is 4.79 Å². The molecule has 0 aliphatic rings. The van der Waals surface area contributed by atoms with Crippen molar-refractivity contribution in [1.29, 1.82) is 0 Å². The van der Waals surface area contributed by atoms with E-state index in [0.29, 0.717) is 5.39 Å². The highest BCUT2D eigenvalue weighted by atomic mass is 16.4. The maximum absolute atomic E-state index is 12.2. The molecule has 5 nitrogen and oxygen atoms in total. The zero-order valence-corrected chi connectivity index (χ0v) is 11.3. The monoisotopic (exact) mass is 272 g/mol. The first-order valence-electron chi connectivity index (χ1n) is 6.38. The van der Waals surface area contributed by atoms with Gasteiger partial charge in [0.2, 0.25) is 0 Å². The van der Waals surface area contributed by atoms with Crippen LogP contribution in [0.3, 0.4) is 0 Å². The lowest BCUT2D eigenvalue weighted by molar-refractivity contribution is -0.140. The predicted molar refractivity (Wildman–Crippen MR) is 75.5 cm³/mol. The molecule has 1 aromatic heterocycles. The third kappa shape index (κ3) is 2.77. The number of carbonyl (C=O) groups is 2. The van der Waals surface area contributed by atoms with E-state index in [4.69, 9.17) is 5.11 Å². The molecule has 1 unspecified atom stereocenters. The molecular weight excluding hydrogens is 256 g/mol. The standard InChI is InChI=1S/C15H16N2O3/c1-9(2)12(15(19)20)17-14(18)13-11-6-4-3-5-10(11)7-8-16-13/h3-9,12H,1-2H3,(H,17,18)(H,19,20). The Bertz CT molecular complexity index is 647. The molecule has 0 aliphatic heterocycles. The van der Waals surface area contributed by atoms with Crippen molar-refractivity contribution in [3.63, 3.8) is 0 Å². The van der Waals surface area contributed by atoms with Crippen molar-refractivity contribution >= 4 is 22.6 Å². The molecule has 20 heavy (non-hydrogen) atoms. The molecule has 0 bridgehead atoms. The number of aromatic nitrogens is 1. The van der Waals surface area contributed by atoms with Crippen LogP contribution >= 0.6 is 0 Å². The molecule has 2 N–H and O–H groups in total. The quantitative estimate of drug-likeness (QED) is 0.893. The third-order valence-corrected chi connectivity index (χ3v) is 3.11. The number of carbonyl (C=O) groups excluding carboxylic acids is 1. The molecule has 1 atom stereocenters. The fraction of sp³-hybridized carbons (Fsp3) is 0.267. The van der Waals surface area contributed by atoms with Crippen LogP contribution < -0.4 is 5.32 Å². The van der Waals surface area contributed by atoms with Gasteiger partial charge in [-0.1, -0.05) is 38.1 Å². The lowest BCUT2D eigenvalue weighted by atomic mass is 10.0. The van der Waals surface area contributed by atoms with Crippen LogP contribution in [-0.4, -0.2) is 28.0 Å². The molecule has 0 radical (unpaired) electrons. The highest BCUT2D eigenvalue weighted by Gasteiger charge is 2.25. The molecule has 0 fully saturated rings. The maximum Gasteiger partial charge on any atom is 0.326 e. The maximum atomic E-state index is 12.2. The van der Waals surface area contributed by atoms with Gasteiger partial charge in [-0.05, 0) is 17.4 Å². The molecule has 1 heterocycles. The second-order valence-corrected chi connectivity index (χ2v) is 4.91. The van der Waals surface area contributed by atoms with Crippen LogP contribution in [0.25, 0.3) is 10.8 Å². The molecule has 2 rings (SSSR count). The van der Waals surface area contributed by atoms with Gasteiger partial charge in [0.1, 0.15) is 11.7 Å². The fourth-order valence-corrected chi connectivity index (χ4v) is 2.02. The Balaban J connectivity index is 2.34. The van der Waals surface area contributed by atoms with Gasteiger partial charge in [0.05, 0.1) is 0 Å². The van der Waals surface area contributed by atoms with Gasteiger partial charge in [-0.15, -0.1) is 0 Å². The number of hydrogen-bond donors (Lipinski definition) is 2. The molecule has 0 saturated heterocycles. The highest BCUT2D eigenvalue weighted by molar-refractivity contribution is 6.06. The first-order chi connectivity index (χ1) is 9.50. The first kappa shape index (κ1) is 14.0. The van der Waals surface area contributed by atoms with Crippen LogP contribution in [0.15, 0.2) is 36.5 Å². The lowest BCUT2D eigenvalue weighted by Crippen LogP contribution is -2.44. The average molecular weight is 272 g/mol. The SMILES string of the molecule is CC(C)C(NC(=O)c1nccc2ccccc12)C(=O)O. The summed E-state index contributed by atoms with van der Waals surface area (Å²) in [6.07, 6.45) is 1.54. The summed E-state index contributed by atoms with van der Waals surface area (Å²) < 4.78 is 0. The van der Waals surface area contributed by atoms with Crippen molar-refractivity contribution in [1.82, 2.24) is 10.3 Å². The smallest absolute Gasteiger partial charge is 0.326 e. The van der Waals surface area contributed by atoms with E-state index in [-0.39, 0.29) is 11.6 Å². The van der Waals surface area contributed by atoms with Crippen molar-refractivity contribution in [3.8, 4) is 0 Å². The minimum atomic E-state index is -1.05. The topological polar surface area (TPSA) is 79.3 Å². The summed E-state index contributed by atoms with van der Waals surface area (Å²) in [5.41, 5.74) is 0.245. The van der Waals surface area contributed by atoms with E-state index in [1.165, 1.54) is 0 Å². The number of hydrogen-bond acceptors (Lipinski definition) is 3. The van der Waals surface area contributed by atoms with Crippen molar-refractivity contribution in [2.45, 2.75) is 19.9 Å². The van der Waals surface area contributed by atoms with Gasteiger partial charge in [0, 0.05) is 11.6 Å². The Morgan fingerprint density at radius 3 is 2.55 bits per heavy atom. The molecule has 104 valence electrons. The lowest BCUT2D eigenvalue weighted by Gasteiger charge is -2.18.